The molecular weight excluding hydrogens is 217 g/mol. The third-order valence-electron chi connectivity index (χ3n) is 1.11. The van der Waals surface area contributed by atoms with Crippen LogP contribution in [0.1, 0.15) is 0 Å². The minimum Gasteiger partial charge on any atom is -0.833 e. The largest absolute Gasteiger partial charge is 1.00 e. The van der Waals surface area contributed by atoms with E-state index >= 15 is 0 Å². The summed E-state index contributed by atoms with van der Waals surface area (Å²) < 4.78 is 21.9. The Morgan fingerprint density at radius 1 is 0.643 bits per heavy atom. The fourth-order valence-electron chi connectivity index (χ4n) is 0.710. The van der Waals surface area contributed by atoms with Crippen molar-refractivity contribution in [2.24, 2.45) is 0 Å². The van der Waals surface area contributed by atoms with Gasteiger partial charge in [-0.1, -0.05) is 0 Å². The molecule has 0 aromatic rings. The molecule has 14 heteroatoms. The van der Waals surface area contributed by atoms with Gasteiger partial charge in [-0.25, -0.2) is 0 Å². The molecule has 14 heavy (non-hydrogen) atoms. The molecule has 2 saturated heterocycles. The Labute approximate surface area is 126 Å². The second kappa shape index (κ2) is 8.09. The molecule has 0 amide bonds. The zero-order valence-corrected chi connectivity index (χ0v) is 11.7. The summed E-state index contributed by atoms with van der Waals surface area (Å²) in [4.78, 5) is 0. The Morgan fingerprint density at radius 2 is 0.929 bits per heavy atom. The summed E-state index contributed by atoms with van der Waals surface area (Å²) in [6, 6.07) is 0. The molecule has 2 N–H and O–H groups in total. The Hall–Kier alpha value is 1.94. The van der Waals surface area contributed by atoms with E-state index < -0.39 is 29.3 Å². The van der Waals surface area contributed by atoms with Gasteiger partial charge < -0.3 is 38.4 Å². The topological polar surface area (TPSA) is 124 Å². The van der Waals surface area contributed by atoms with Gasteiger partial charge in [0.2, 0.25) is 0 Å². The van der Waals surface area contributed by atoms with Crippen molar-refractivity contribution in [3.05, 3.63) is 0 Å². The summed E-state index contributed by atoms with van der Waals surface area (Å²) in [5, 5.41) is 21.0. The Morgan fingerprint density at radius 3 is 1.21 bits per heavy atom. The summed E-state index contributed by atoms with van der Waals surface area (Å²) in [6.07, 6.45) is 0. The van der Waals surface area contributed by atoms with E-state index in [0.717, 1.165) is 0 Å². The Kier molecular flexibility index (Phi) is 10.6. The van der Waals surface area contributed by atoms with Gasteiger partial charge in [0.1, 0.15) is 0 Å². The Balaban J connectivity index is 0. The quantitative estimate of drug-likeness (QED) is 0.370. The molecule has 0 aliphatic carbocycles. The molecule has 64 valence electrons. The monoisotopic (exact) mass is 220 g/mol. The molecular formula is H2B4Na2O8. The van der Waals surface area contributed by atoms with Crippen LogP contribution in [0.4, 0.5) is 0 Å². The van der Waals surface area contributed by atoms with Gasteiger partial charge in [-0.05, 0) is 0 Å². The first-order chi connectivity index (χ1) is 5.24. The molecule has 0 saturated carbocycles. The smallest absolute Gasteiger partial charge is 0.833 e. The standard InChI is InChI=1S/B4O7.2Na.H2O/c5-1-7-3-9-2(6)10-4(8-1)11-3;;;/h;;;1H2/q-2;2*+1;. The molecule has 2 aliphatic heterocycles. The molecule has 0 aromatic heterocycles. The zero-order chi connectivity index (χ0) is 7.84. The van der Waals surface area contributed by atoms with Gasteiger partial charge in [0, 0.05) is 0 Å². The van der Waals surface area contributed by atoms with Gasteiger partial charge in [0.05, 0.1) is 0 Å². The second-order valence-corrected chi connectivity index (χ2v) is 1.84. The number of fused-ring (bicyclic) bond motifs is 2. The summed E-state index contributed by atoms with van der Waals surface area (Å²) in [7, 11) is -6.00. The Bertz CT molecular complexity index is 125. The van der Waals surface area contributed by atoms with Crippen LogP contribution < -0.4 is 69.2 Å². The number of hydrogen-bond donors (Lipinski definition) is 0. The van der Waals surface area contributed by atoms with Gasteiger partial charge in [-0.2, -0.15) is 0 Å². The van der Waals surface area contributed by atoms with Crippen molar-refractivity contribution >= 4 is 29.3 Å². The molecule has 0 unspecified atom stereocenters. The molecule has 2 rings (SSSR count). The van der Waals surface area contributed by atoms with Gasteiger partial charge in [0.25, 0.3) is 0 Å². The first kappa shape index (κ1) is 18.3. The third-order valence-corrected chi connectivity index (χ3v) is 1.11. The maximum Gasteiger partial charge on any atom is 1.00 e. The van der Waals surface area contributed by atoms with Crippen LogP contribution in [0, 0.1) is 0 Å². The van der Waals surface area contributed by atoms with Crippen LogP contribution in [-0.2, 0) is 22.9 Å². The summed E-state index contributed by atoms with van der Waals surface area (Å²) in [5.41, 5.74) is 0. The molecule has 0 atom stereocenters. The summed E-state index contributed by atoms with van der Waals surface area (Å²) in [6.45, 7) is 0. The number of hydrogen-bond acceptors (Lipinski definition) is 7. The van der Waals surface area contributed by atoms with Crippen LogP contribution >= 0.6 is 0 Å². The van der Waals surface area contributed by atoms with E-state index in [9.17, 15) is 10.0 Å². The van der Waals surface area contributed by atoms with E-state index in [-0.39, 0.29) is 64.6 Å². The normalized spacial score (nSPS) is 19.3. The van der Waals surface area contributed by atoms with Crippen LogP contribution in [-0.4, -0.2) is 34.8 Å². The van der Waals surface area contributed by atoms with E-state index in [0.29, 0.717) is 0 Å². The third kappa shape index (κ3) is 4.85. The van der Waals surface area contributed by atoms with Crippen molar-refractivity contribution in [3.8, 4) is 0 Å². The second-order valence-electron chi connectivity index (χ2n) is 1.84. The fourth-order valence-corrected chi connectivity index (χ4v) is 0.710. The average Bonchev–Trinajstić information content (AvgIpc) is 1.82. The predicted octanol–water partition coefficient (Wildman–Crippen LogP) is -11.1. The number of rotatable bonds is 0. The summed E-state index contributed by atoms with van der Waals surface area (Å²) >= 11 is 0. The minimum atomic E-state index is -1.73. The van der Waals surface area contributed by atoms with Gasteiger partial charge in [0.15, 0.2) is 0 Å². The molecule has 2 aliphatic rings. The van der Waals surface area contributed by atoms with Crippen LogP contribution in [0.2, 0.25) is 0 Å². The van der Waals surface area contributed by atoms with Gasteiger partial charge in [-0.15, -0.1) is 0 Å². The van der Waals surface area contributed by atoms with Crippen molar-refractivity contribution in [1.82, 2.24) is 0 Å². The predicted molar refractivity (Wildman–Crippen MR) is 32.1 cm³/mol. The first-order valence-corrected chi connectivity index (χ1v) is 2.83. The van der Waals surface area contributed by atoms with Crippen LogP contribution in [0.3, 0.4) is 0 Å². The van der Waals surface area contributed by atoms with Crippen LogP contribution in [0.15, 0.2) is 0 Å². The van der Waals surface area contributed by atoms with E-state index in [1.54, 1.807) is 0 Å². The molecule has 2 fully saturated rings. The van der Waals surface area contributed by atoms with E-state index in [1.807, 2.05) is 0 Å². The van der Waals surface area contributed by atoms with Gasteiger partial charge >= 0.3 is 88.4 Å². The maximum absolute atomic E-state index is 10.5. The minimum absolute atomic E-state index is 0. The zero-order valence-electron chi connectivity index (χ0n) is 7.67. The SMILES string of the molecule is O.[Na+].[Na+].[O-]B1OB2OB([O-])OB(O1)O2. The van der Waals surface area contributed by atoms with Gasteiger partial charge in [-0.3, -0.25) is 0 Å². The molecule has 0 spiro atoms. The average molecular weight is 219 g/mol. The molecule has 2 heterocycles. The van der Waals surface area contributed by atoms with E-state index in [4.69, 9.17) is 0 Å². The van der Waals surface area contributed by atoms with E-state index in [2.05, 4.69) is 22.9 Å². The molecule has 2 bridgehead atoms. The molecule has 8 nitrogen and oxygen atoms in total. The fraction of sp³-hybridized carbons (Fsp3) is 0. The first-order valence-electron chi connectivity index (χ1n) is 2.83. The van der Waals surface area contributed by atoms with E-state index in [1.165, 1.54) is 0 Å². The van der Waals surface area contributed by atoms with Crippen molar-refractivity contribution in [2.75, 3.05) is 0 Å². The van der Waals surface area contributed by atoms with Crippen molar-refractivity contribution in [2.45, 2.75) is 0 Å². The maximum atomic E-state index is 10.5. The van der Waals surface area contributed by atoms with Crippen LogP contribution in [0.25, 0.3) is 0 Å². The molecule has 0 radical (unpaired) electrons. The molecule has 0 aromatic carbocycles. The summed E-state index contributed by atoms with van der Waals surface area (Å²) in [5.74, 6) is 0. The van der Waals surface area contributed by atoms with Crippen molar-refractivity contribution < 1.29 is 97.5 Å². The van der Waals surface area contributed by atoms with Crippen LogP contribution in [0.5, 0.6) is 0 Å². The van der Waals surface area contributed by atoms with Crippen molar-refractivity contribution in [3.63, 3.8) is 0 Å². The van der Waals surface area contributed by atoms with Crippen molar-refractivity contribution in [1.29, 1.82) is 0 Å².